The van der Waals surface area contributed by atoms with Gasteiger partial charge < -0.3 is 74.7 Å². The Morgan fingerprint density at radius 3 is 1.14 bits per heavy atom. The zero-order chi connectivity index (χ0) is 108. The molecule has 12 N–H and O–H groups in total. The second kappa shape index (κ2) is 61.5. The molecule has 0 radical (unpaired) electrons. The molecule has 2 aromatic carbocycles. The van der Waals surface area contributed by atoms with E-state index in [1.165, 1.54) is 51.1 Å². The molecule has 0 saturated heterocycles. The van der Waals surface area contributed by atoms with Crippen molar-refractivity contribution in [2.45, 2.75) is 201 Å². The number of terminal acetylenes is 2. The van der Waals surface area contributed by atoms with E-state index in [9.17, 15) is 72.8 Å². The summed E-state index contributed by atoms with van der Waals surface area (Å²) >= 11 is 19.9. The topological polar surface area (TPSA) is 553 Å². The van der Waals surface area contributed by atoms with Crippen LogP contribution >= 0.6 is 50.5 Å². The Balaban J connectivity index is 0.000000364. The number of aryl methyl sites for hydroxylation is 8. The quantitative estimate of drug-likeness (QED) is 0.00939. The average Bonchev–Trinajstić information content (AvgIpc) is 1.30. The lowest BCUT2D eigenvalue weighted by molar-refractivity contribution is -0.158. The van der Waals surface area contributed by atoms with Crippen LogP contribution in [0.5, 0.6) is 0 Å². The second-order valence-electron chi connectivity index (χ2n) is 31.4. The number of aliphatic hydroxyl groups excluding tert-OH is 5. The summed E-state index contributed by atoms with van der Waals surface area (Å²) in [5.41, 5.74) is 22.0. The number of imidazole rings is 5. The molecule has 0 aliphatic rings. The number of aromatic nitrogens is 21. The van der Waals surface area contributed by atoms with Crippen LogP contribution in [0.2, 0.25) is 5.15 Å². The number of aliphatic carboxylic acids is 2. The highest BCUT2D eigenvalue weighted by molar-refractivity contribution is 8.24. The van der Waals surface area contributed by atoms with Gasteiger partial charge in [-0.25, -0.2) is 73.3 Å². The highest BCUT2D eigenvalue weighted by Crippen LogP contribution is 2.61. The number of aliphatic hydroxyl groups is 6. The van der Waals surface area contributed by atoms with Gasteiger partial charge in [0, 0.05) is 55.9 Å². The summed E-state index contributed by atoms with van der Waals surface area (Å²) in [5, 5.41) is 98.7. The molecular formula is C103H120Cl4F2N23O15P. The van der Waals surface area contributed by atoms with Gasteiger partial charge in [-0.05, 0) is 240 Å². The van der Waals surface area contributed by atoms with Gasteiger partial charge in [-0.3, -0.25) is 23.7 Å². The van der Waals surface area contributed by atoms with Crippen molar-refractivity contribution in [3.05, 3.63) is 313 Å². The van der Waals surface area contributed by atoms with Crippen LogP contribution in [0.15, 0.2) is 195 Å². The number of carbonyl (C=O) groups is 5. The summed E-state index contributed by atoms with van der Waals surface area (Å²) in [6.45, 7) is 24.1. The molecular weight excluding hydrogens is 2010 g/mol. The maximum absolute atomic E-state index is 13.2. The summed E-state index contributed by atoms with van der Waals surface area (Å²) in [6, 6.07) is 35.7. The zero-order valence-electron chi connectivity index (χ0n) is 82.2. The van der Waals surface area contributed by atoms with Crippen LogP contribution in [0.1, 0.15) is 214 Å². The first-order valence-electron chi connectivity index (χ1n) is 44.7. The predicted molar refractivity (Wildman–Crippen MR) is 564 cm³/mol. The number of ketones is 3. The Hall–Kier alpha value is -14.9. The number of Topliss-reactive ketones (excluding diaryl/α,β-unsaturated/α-hetero) is 3. The number of halogens is 6. The highest BCUT2D eigenvalue weighted by atomic mass is 36.0. The molecule has 0 bridgehead atoms. The molecule has 0 amide bonds. The number of hydrogen-bond acceptors (Lipinski definition) is 30. The molecule has 0 fully saturated rings. The van der Waals surface area contributed by atoms with Gasteiger partial charge in [0.1, 0.15) is 40.1 Å². The van der Waals surface area contributed by atoms with Gasteiger partial charge in [0.05, 0.1) is 180 Å². The van der Waals surface area contributed by atoms with Crippen molar-refractivity contribution in [3.63, 3.8) is 0 Å². The number of carboxylic acid groups (broad SMARTS) is 2. The van der Waals surface area contributed by atoms with Crippen LogP contribution in [-0.4, -0.2) is 179 Å². The van der Waals surface area contributed by atoms with Crippen LogP contribution in [0, 0.1) is 71.4 Å². The van der Waals surface area contributed by atoms with Gasteiger partial charge in [0.15, 0.2) is 28.1 Å². The number of carboxylic acids is 2. The SMILES string of the molecule is C.C.C#C.C#CC.CC(=O)c1ccc(-n2cnc(C)c2)c(CO)n1.CCC(=O)C(=O)O.CCC(O)(CC(=O)c1ccc(-n2cnc(C)c2)c(CO)n1)C(=O)O.CCc1cc(-c2ccc(-n3cnc(C)c3)c(CO)n2)n[nH]c1=O.CCc1cc(-c2ccc(-n3cnc(C)c3)c(CO)n2)nnc1Cl.CCc1cc(-c2ccc(-n3cnc(C)c3)c(CO)n2)nnc1N[C@@H](C)c1ccc(F)cc1.C[C@H](N)c1ccc(F)cc1.O=P(Cl)(Cl)Cl. The first kappa shape index (κ1) is 125. The Labute approximate surface area is 874 Å². The van der Waals surface area contributed by atoms with Gasteiger partial charge in [-0.15, -0.1) is 45.6 Å². The number of carbonyl (C=O) groups excluding carboxylic acids is 3. The molecule has 0 spiro atoms. The number of benzene rings is 2. The lowest BCUT2D eigenvalue weighted by atomic mass is 9.93. The number of pyridine rings is 5. The molecule has 13 aromatic heterocycles. The zero-order valence-corrected chi connectivity index (χ0v) is 86.2. The van der Waals surface area contributed by atoms with Crippen LogP contribution in [0.25, 0.3) is 62.6 Å². The Morgan fingerprint density at radius 2 is 0.824 bits per heavy atom. The smallest absolute Gasteiger partial charge is 0.372 e. The molecule has 1 unspecified atom stereocenters. The minimum Gasteiger partial charge on any atom is -0.479 e. The third-order valence-electron chi connectivity index (χ3n) is 20.7. The summed E-state index contributed by atoms with van der Waals surface area (Å²) in [5.74, 6) is -1.81. The van der Waals surface area contributed by atoms with Crippen molar-refractivity contribution >= 4 is 85.6 Å². The number of nitrogens with zero attached hydrogens (tertiary/aromatic N) is 20. The van der Waals surface area contributed by atoms with Gasteiger partial charge >= 0.3 is 17.1 Å². The predicted octanol–water partition coefficient (Wildman–Crippen LogP) is 17.5. The summed E-state index contributed by atoms with van der Waals surface area (Å²) in [7, 11) is 0. The maximum Gasteiger partial charge on any atom is 0.372 e. The van der Waals surface area contributed by atoms with Gasteiger partial charge in [-0.1, -0.05) is 85.3 Å². The van der Waals surface area contributed by atoms with Crippen molar-refractivity contribution < 1.29 is 78.2 Å². The Bertz CT molecular complexity index is 7060. The van der Waals surface area contributed by atoms with Gasteiger partial charge in [-0.2, -0.15) is 5.10 Å². The number of aromatic amines is 1. The average molecular weight is 2130 g/mol. The van der Waals surface area contributed by atoms with Crippen molar-refractivity contribution in [2.75, 3.05) is 5.32 Å². The van der Waals surface area contributed by atoms with Crippen molar-refractivity contribution in [1.82, 2.24) is 103 Å². The number of rotatable bonds is 28. The van der Waals surface area contributed by atoms with Crippen molar-refractivity contribution in [3.8, 4) is 87.8 Å². The minimum absolute atomic E-state index is 0. The molecule has 0 aliphatic heterocycles. The number of hydrogen-bond donors (Lipinski definition) is 11. The molecule has 15 aromatic rings. The Kier molecular flexibility index (Phi) is 52.1. The number of H-pyrrole nitrogens is 1. The molecule has 784 valence electrons. The molecule has 3 atom stereocenters. The van der Waals surface area contributed by atoms with E-state index in [-0.39, 0.29) is 101 Å². The fraction of sp³-hybridized carbons (Fsp3) is 0.291. The standard InChI is InChI=1S/C24H25FN6O.C16H16ClN5O.C16H17N5O2.C16H19N3O5.C12H13N3O2.C8H10FN.C4H6O3.C3H4.C2H2.2CH4.Cl3OP/c1-4-17-11-21(29-30-24(17)27-16(3)18-5-7-19(25)8-6-18)20-9-10-23(22(13-32)28-20)31-12-15(2)26-14-31;1-3-11-6-13(20-21-16(11)17)12-4-5-15(14(8-23)19-12)22-7-10(2)18-9-22;1-3-11-6-13(19-20-16(11)23)12-4-5-15(14(8-22)18-12)21-7-10(2)17-9-21;1-3-16(24,15(22)23)6-14(21)11-4-5-13(12(8-20)18-11)19-7-10(2)17-9-19;1-8-5-15(7-13-8)12-4-3-10(9(2)17)14-11(12)6-16;1-6(10)7-2-4-8(9)5-3-7;1-2-3(5)4(6)7;1-3-2;1-2;;;1-5(2,3)4/h5-12,14,16,32H,4,13H2,1-3H3,(H,27,30);4-7,9,23H,3,8H2,1-2H3;4-7,9,22H,3,8H2,1-2H3,(H,20,23);4-5,7,9,20,24H,3,6,8H2,1-2H3,(H,22,23);3-5,7,16H,6H2,1-2H3;2-6H,10H2,1H3;2H2,1H3,(H,6,7);1H,2H3;1-2H;2*1H4;/t16-;;;;;6-;;;;;;/m0....0....../s1. The van der Waals surface area contributed by atoms with Crippen molar-refractivity contribution in [2.24, 2.45) is 5.73 Å². The van der Waals surface area contributed by atoms with Gasteiger partial charge in [0.25, 0.3) is 5.56 Å². The summed E-state index contributed by atoms with van der Waals surface area (Å²) in [4.78, 5) is 108. The minimum atomic E-state index is -3.22. The number of nitrogens with two attached hydrogens (primary N) is 1. The van der Waals surface area contributed by atoms with Crippen molar-refractivity contribution in [1.29, 1.82) is 0 Å². The van der Waals surface area contributed by atoms with E-state index in [4.69, 9.17) is 27.5 Å². The number of nitrogens with one attached hydrogen (secondary N) is 2. The molecule has 45 heteroatoms. The molecule has 13 heterocycles. The molecule has 38 nitrogen and oxygen atoms in total. The van der Waals surface area contributed by atoms with Crippen LogP contribution < -0.4 is 16.6 Å². The van der Waals surface area contributed by atoms with E-state index in [1.807, 2.05) is 156 Å². The summed E-state index contributed by atoms with van der Waals surface area (Å²) < 4.78 is 44.0. The van der Waals surface area contributed by atoms with E-state index >= 15 is 0 Å². The monoisotopic (exact) mass is 2130 g/mol. The molecule has 0 aliphatic carbocycles. The fourth-order valence-corrected chi connectivity index (χ4v) is 13.2. The van der Waals surface area contributed by atoms with Crippen LogP contribution in [-0.2, 0) is 71.2 Å². The third kappa shape index (κ3) is 37.9. The van der Waals surface area contributed by atoms with E-state index in [2.05, 4.69) is 145 Å². The molecule has 0 saturated carbocycles. The van der Waals surface area contributed by atoms with E-state index in [1.54, 1.807) is 102 Å². The lowest BCUT2D eigenvalue weighted by Crippen LogP contribution is -2.40. The maximum atomic E-state index is 13.2. The second-order valence-corrected chi connectivity index (χ2v) is 38.4. The normalized spacial score (nSPS) is 11.1. The third-order valence-corrected chi connectivity index (χ3v) is 21.0. The largest absolute Gasteiger partial charge is 0.479 e. The molecule has 148 heavy (non-hydrogen) atoms. The van der Waals surface area contributed by atoms with Gasteiger partial charge in [0.2, 0.25) is 5.78 Å². The van der Waals surface area contributed by atoms with Crippen LogP contribution in [0.4, 0.5) is 14.6 Å². The summed E-state index contributed by atoms with van der Waals surface area (Å²) in [6.07, 6.45) is 31.6. The van der Waals surface area contributed by atoms with Crippen LogP contribution in [0.3, 0.4) is 0 Å². The Morgan fingerprint density at radius 1 is 0.500 bits per heavy atom. The van der Waals surface area contributed by atoms with E-state index in [0.717, 1.165) is 86.3 Å². The first-order chi connectivity index (χ1) is 69.4. The molecule has 15 rings (SSSR count). The first-order valence-corrected chi connectivity index (χ1v) is 49.5. The van der Waals surface area contributed by atoms with E-state index < -0.39 is 47.3 Å². The van der Waals surface area contributed by atoms with E-state index in [0.29, 0.717) is 91.3 Å². The lowest BCUT2D eigenvalue weighted by Gasteiger charge is -2.20. The highest BCUT2D eigenvalue weighted by Gasteiger charge is 2.37. The number of anilines is 1. The fourth-order valence-electron chi connectivity index (χ4n) is 13.0.